The average molecular weight is 470 g/mol. The van der Waals surface area contributed by atoms with Gasteiger partial charge in [0, 0.05) is 18.7 Å². The fourth-order valence-electron chi connectivity index (χ4n) is 5.18. The van der Waals surface area contributed by atoms with E-state index in [0.29, 0.717) is 35.3 Å². The van der Waals surface area contributed by atoms with Gasteiger partial charge < -0.3 is 18.6 Å². The Morgan fingerprint density at radius 2 is 2.09 bits per heavy atom. The maximum atomic E-state index is 13.8. The van der Waals surface area contributed by atoms with E-state index in [1.807, 2.05) is 6.07 Å². The van der Waals surface area contributed by atoms with Crippen LogP contribution in [0.5, 0.6) is 0 Å². The third-order valence-electron chi connectivity index (χ3n) is 6.94. The van der Waals surface area contributed by atoms with Crippen molar-refractivity contribution in [1.29, 1.82) is 0 Å². The Bertz CT molecular complexity index is 1400. The van der Waals surface area contributed by atoms with Gasteiger partial charge >= 0.3 is 0 Å². The van der Waals surface area contributed by atoms with Crippen LogP contribution in [0.25, 0.3) is 28.1 Å². The molecule has 6 rings (SSSR count). The lowest BCUT2D eigenvalue weighted by Crippen LogP contribution is -2.28. The normalized spacial score (nSPS) is 20.4. The summed E-state index contributed by atoms with van der Waals surface area (Å²) in [5, 5.41) is 4.74. The van der Waals surface area contributed by atoms with E-state index in [4.69, 9.17) is 25.6 Å². The van der Waals surface area contributed by atoms with Crippen LogP contribution in [0, 0.1) is 0 Å². The van der Waals surface area contributed by atoms with Crippen molar-refractivity contribution in [3.05, 3.63) is 45.8 Å². The van der Waals surface area contributed by atoms with Gasteiger partial charge in [0.2, 0.25) is 5.82 Å². The van der Waals surface area contributed by atoms with Crippen LogP contribution in [0.4, 0.5) is 0 Å². The summed E-state index contributed by atoms with van der Waals surface area (Å²) < 4.78 is 20.7. The first-order valence-corrected chi connectivity index (χ1v) is 11.7. The monoisotopic (exact) mass is 469 g/mol. The number of methoxy groups -OCH3 is 1. The zero-order valence-corrected chi connectivity index (χ0v) is 19.0. The molecule has 1 saturated carbocycles. The Morgan fingerprint density at radius 1 is 1.24 bits per heavy atom. The van der Waals surface area contributed by atoms with Gasteiger partial charge in [-0.2, -0.15) is 4.98 Å². The summed E-state index contributed by atoms with van der Waals surface area (Å²) in [6, 6.07) is 5.50. The molecule has 0 amide bonds. The molecule has 3 aromatic heterocycles. The van der Waals surface area contributed by atoms with Crippen LogP contribution in [0.2, 0.25) is 5.02 Å². The van der Waals surface area contributed by atoms with Crippen molar-refractivity contribution in [2.75, 3.05) is 13.7 Å². The van der Waals surface area contributed by atoms with Crippen molar-refractivity contribution >= 4 is 28.2 Å². The lowest BCUT2D eigenvalue weighted by atomic mass is 10.0. The molecular weight excluding hydrogens is 446 g/mol. The van der Waals surface area contributed by atoms with E-state index in [9.17, 15) is 4.79 Å². The van der Waals surface area contributed by atoms with E-state index in [2.05, 4.69) is 15.1 Å². The largest absolute Gasteiger partial charge is 0.376 e. The topological polar surface area (TPSA) is 96.7 Å². The molecular formula is C23H24ClN5O4. The number of imidazole rings is 1. The highest BCUT2D eigenvalue weighted by atomic mass is 35.5. The Hall–Kier alpha value is -2.75. The Morgan fingerprint density at radius 3 is 2.85 bits per heavy atom. The first kappa shape index (κ1) is 20.8. The number of hydrogen-bond donors (Lipinski definition) is 0. The third kappa shape index (κ3) is 3.29. The Labute approximate surface area is 194 Å². The number of nitrogens with zero attached hydrogens (tertiary/aromatic N) is 5. The first-order valence-electron chi connectivity index (χ1n) is 11.3. The highest BCUT2D eigenvalue weighted by Crippen LogP contribution is 2.41. The van der Waals surface area contributed by atoms with E-state index >= 15 is 0 Å². The standard InChI is InChI=1S/C23H24ClN5O4/c1-31-23(8-2-3-9-23)22-26-20(27-33-22)18-19-21(30)28(12-15-5-4-10-32-15)17-11-14(24)6-7-16(17)29(19)13-25-18/h6-7,11,13,15H,2-5,8-10,12H2,1H3. The van der Waals surface area contributed by atoms with E-state index in [-0.39, 0.29) is 17.5 Å². The minimum Gasteiger partial charge on any atom is -0.376 e. The van der Waals surface area contributed by atoms with Gasteiger partial charge in [-0.25, -0.2) is 4.98 Å². The number of hydrogen-bond acceptors (Lipinski definition) is 7. The van der Waals surface area contributed by atoms with E-state index < -0.39 is 5.60 Å². The molecule has 172 valence electrons. The number of rotatable bonds is 5. The third-order valence-corrected chi connectivity index (χ3v) is 7.18. The molecule has 0 bridgehead atoms. The second-order valence-electron chi connectivity index (χ2n) is 8.82. The number of aromatic nitrogens is 5. The molecule has 2 fully saturated rings. The first-order chi connectivity index (χ1) is 16.1. The minimum absolute atomic E-state index is 0.0144. The molecule has 4 aromatic rings. The van der Waals surface area contributed by atoms with Gasteiger partial charge in [-0.05, 0) is 56.7 Å². The van der Waals surface area contributed by atoms with Gasteiger partial charge in [-0.1, -0.05) is 16.8 Å². The maximum Gasteiger partial charge on any atom is 0.277 e. The van der Waals surface area contributed by atoms with Crippen LogP contribution in [0.3, 0.4) is 0 Å². The van der Waals surface area contributed by atoms with E-state index in [1.54, 1.807) is 34.5 Å². The SMILES string of the molecule is COC1(c2nc(-c3ncn4c3c(=O)n(CC3CCCO3)c3cc(Cl)ccc34)no2)CCCC1. The smallest absolute Gasteiger partial charge is 0.277 e. The molecule has 1 aliphatic carbocycles. The molecule has 10 heteroatoms. The van der Waals surface area contributed by atoms with Gasteiger partial charge in [-0.3, -0.25) is 9.20 Å². The predicted octanol–water partition coefficient (Wildman–Crippen LogP) is 3.95. The second kappa shape index (κ2) is 7.93. The zero-order valence-electron chi connectivity index (χ0n) is 18.3. The summed E-state index contributed by atoms with van der Waals surface area (Å²) in [6.07, 6.45) is 7.26. The summed E-state index contributed by atoms with van der Waals surface area (Å²) in [4.78, 5) is 22.9. The molecule has 0 spiro atoms. The number of halogens is 1. The van der Waals surface area contributed by atoms with E-state index in [1.165, 1.54) is 0 Å². The molecule has 2 aliphatic rings. The molecule has 9 nitrogen and oxygen atoms in total. The van der Waals surface area contributed by atoms with Gasteiger partial charge in [0.1, 0.15) is 23.1 Å². The number of benzene rings is 1. The van der Waals surface area contributed by atoms with Crippen molar-refractivity contribution in [2.45, 2.75) is 56.8 Å². The van der Waals surface area contributed by atoms with Gasteiger partial charge in [-0.15, -0.1) is 0 Å². The maximum absolute atomic E-state index is 13.8. The van der Waals surface area contributed by atoms with Gasteiger partial charge in [0.05, 0.1) is 23.7 Å². The molecule has 1 aromatic carbocycles. The second-order valence-corrected chi connectivity index (χ2v) is 9.26. The van der Waals surface area contributed by atoms with Crippen molar-refractivity contribution in [3.63, 3.8) is 0 Å². The minimum atomic E-state index is -0.565. The lowest BCUT2D eigenvalue weighted by molar-refractivity contribution is -0.0342. The van der Waals surface area contributed by atoms with E-state index in [0.717, 1.165) is 49.6 Å². The number of ether oxygens (including phenoxy) is 2. The fourth-order valence-corrected chi connectivity index (χ4v) is 5.35. The van der Waals surface area contributed by atoms with Crippen LogP contribution >= 0.6 is 11.6 Å². The summed E-state index contributed by atoms with van der Waals surface area (Å²) in [6.45, 7) is 1.16. The van der Waals surface area contributed by atoms with Gasteiger partial charge in [0.15, 0.2) is 0 Å². The van der Waals surface area contributed by atoms with Crippen LogP contribution in [0.15, 0.2) is 33.8 Å². The molecule has 4 heterocycles. The molecule has 1 unspecified atom stereocenters. The van der Waals surface area contributed by atoms with Crippen molar-refractivity contribution in [3.8, 4) is 11.5 Å². The molecule has 1 aliphatic heterocycles. The fraction of sp³-hybridized carbons (Fsp3) is 0.478. The van der Waals surface area contributed by atoms with Crippen LogP contribution in [-0.4, -0.2) is 43.9 Å². The Kier molecular flexibility index (Phi) is 5.01. The van der Waals surface area contributed by atoms with Gasteiger partial charge in [0.25, 0.3) is 11.4 Å². The summed E-state index contributed by atoms with van der Waals surface area (Å²) in [7, 11) is 1.67. The Balaban J connectivity index is 1.53. The summed E-state index contributed by atoms with van der Waals surface area (Å²) >= 11 is 6.29. The zero-order chi connectivity index (χ0) is 22.6. The van der Waals surface area contributed by atoms with Crippen LogP contribution in [0.1, 0.15) is 44.4 Å². The molecule has 0 N–H and O–H groups in total. The highest BCUT2D eigenvalue weighted by Gasteiger charge is 2.41. The van der Waals surface area contributed by atoms with Crippen molar-refractivity contribution in [1.82, 2.24) is 24.1 Å². The molecule has 1 atom stereocenters. The predicted molar refractivity (Wildman–Crippen MR) is 121 cm³/mol. The summed E-state index contributed by atoms with van der Waals surface area (Å²) in [5.74, 6) is 0.718. The molecule has 0 radical (unpaired) electrons. The quantitative estimate of drug-likeness (QED) is 0.436. The van der Waals surface area contributed by atoms with Crippen molar-refractivity contribution in [2.24, 2.45) is 0 Å². The van der Waals surface area contributed by atoms with Crippen molar-refractivity contribution < 1.29 is 14.0 Å². The molecule has 1 saturated heterocycles. The average Bonchev–Trinajstić information content (AvgIpc) is 3.61. The van der Waals surface area contributed by atoms with Crippen LogP contribution < -0.4 is 5.56 Å². The summed E-state index contributed by atoms with van der Waals surface area (Å²) in [5.41, 5.74) is 1.58. The molecule has 33 heavy (non-hydrogen) atoms. The lowest BCUT2D eigenvalue weighted by Gasteiger charge is -2.21. The number of fused-ring (bicyclic) bond motifs is 3. The van der Waals surface area contributed by atoms with Crippen LogP contribution in [-0.2, 0) is 21.6 Å². The highest BCUT2D eigenvalue weighted by molar-refractivity contribution is 6.31.